The number of hydrogen-bond donors (Lipinski definition) is 2. The van der Waals surface area contributed by atoms with E-state index in [9.17, 15) is 0 Å². The molecule has 1 aromatic rings. The first kappa shape index (κ1) is 10.7. The highest BCUT2D eigenvalue weighted by molar-refractivity contribution is 5.35. The van der Waals surface area contributed by atoms with Crippen molar-refractivity contribution in [3.05, 3.63) is 54.6 Å². The Balaban J connectivity index is 2.13. The first-order valence-electron chi connectivity index (χ1n) is 5.08. The highest BCUT2D eigenvalue weighted by Gasteiger charge is 2.27. The Kier molecular flexibility index (Phi) is 2.94. The summed E-state index contributed by atoms with van der Waals surface area (Å²) in [5.41, 5.74) is 11.6. The molecule has 1 aromatic carbocycles. The van der Waals surface area contributed by atoms with Gasteiger partial charge < -0.3 is 11.5 Å². The summed E-state index contributed by atoms with van der Waals surface area (Å²) >= 11 is 0. The zero-order valence-corrected chi connectivity index (χ0v) is 8.82. The molecular formula is C12H14N4. The molecule has 0 aromatic heterocycles. The first-order valence-corrected chi connectivity index (χ1v) is 5.08. The number of azo groups is 1. The van der Waals surface area contributed by atoms with Gasteiger partial charge >= 0.3 is 0 Å². The summed E-state index contributed by atoms with van der Waals surface area (Å²) in [6.45, 7) is 0. The molecule has 1 unspecified atom stereocenters. The fourth-order valence-electron chi connectivity index (χ4n) is 1.42. The minimum atomic E-state index is -0.951. The minimum Gasteiger partial charge on any atom is -0.308 e. The second kappa shape index (κ2) is 4.38. The lowest BCUT2D eigenvalue weighted by Gasteiger charge is -2.26. The number of rotatable bonds is 2. The predicted octanol–water partition coefficient (Wildman–Crippen LogP) is 1.88. The highest BCUT2D eigenvalue weighted by atomic mass is 15.2. The van der Waals surface area contributed by atoms with Crippen LogP contribution in [0.2, 0.25) is 0 Å². The Morgan fingerprint density at radius 2 is 1.81 bits per heavy atom. The molecule has 0 saturated heterocycles. The SMILES string of the molecule is NC1(N)C=CC=CC1N=Nc1ccccc1. The van der Waals surface area contributed by atoms with Crippen molar-refractivity contribution < 1.29 is 0 Å². The predicted molar refractivity (Wildman–Crippen MR) is 64.1 cm³/mol. The molecule has 2 rings (SSSR count). The molecule has 16 heavy (non-hydrogen) atoms. The summed E-state index contributed by atoms with van der Waals surface area (Å²) in [5.74, 6) is 0. The van der Waals surface area contributed by atoms with Crippen LogP contribution in [0.4, 0.5) is 5.69 Å². The third-order valence-electron chi connectivity index (χ3n) is 2.36. The van der Waals surface area contributed by atoms with E-state index in [1.165, 1.54) is 0 Å². The maximum Gasteiger partial charge on any atom is 0.124 e. The lowest BCUT2D eigenvalue weighted by molar-refractivity contribution is 0.478. The third kappa shape index (κ3) is 2.42. The zero-order valence-electron chi connectivity index (χ0n) is 8.82. The van der Waals surface area contributed by atoms with E-state index in [-0.39, 0.29) is 6.04 Å². The Hall–Kier alpha value is -1.78. The van der Waals surface area contributed by atoms with Gasteiger partial charge in [-0.15, -0.1) is 0 Å². The van der Waals surface area contributed by atoms with E-state index in [1.807, 2.05) is 48.6 Å². The van der Waals surface area contributed by atoms with E-state index < -0.39 is 5.66 Å². The summed E-state index contributed by atoms with van der Waals surface area (Å²) in [6, 6.07) is 9.17. The molecule has 0 fully saturated rings. The van der Waals surface area contributed by atoms with Crippen molar-refractivity contribution in [1.82, 2.24) is 0 Å². The molecule has 4 nitrogen and oxygen atoms in total. The van der Waals surface area contributed by atoms with E-state index in [0.717, 1.165) is 5.69 Å². The second-order valence-corrected chi connectivity index (χ2v) is 3.74. The molecule has 0 aliphatic heterocycles. The van der Waals surface area contributed by atoms with Gasteiger partial charge in [0.2, 0.25) is 0 Å². The van der Waals surface area contributed by atoms with Crippen LogP contribution in [0, 0.1) is 0 Å². The van der Waals surface area contributed by atoms with Gasteiger partial charge in [-0.05, 0) is 18.2 Å². The number of nitrogens with zero attached hydrogens (tertiary/aromatic N) is 2. The average Bonchev–Trinajstić information content (AvgIpc) is 2.28. The quantitative estimate of drug-likeness (QED) is 0.582. The van der Waals surface area contributed by atoms with Crippen LogP contribution < -0.4 is 11.5 Å². The highest BCUT2D eigenvalue weighted by Crippen LogP contribution is 2.17. The fourth-order valence-corrected chi connectivity index (χ4v) is 1.42. The number of benzene rings is 1. The number of hydrogen-bond acceptors (Lipinski definition) is 4. The number of allylic oxidation sites excluding steroid dienone is 2. The van der Waals surface area contributed by atoms with Gasteiger partial charge in [-0.1, -0.05) is 36.4 Å². The van der Waals surface area contributed by atoms with Gasteiger partial charge in [-0.2, -0.15) is 10.2 Å². The third-order valence-corrected chi connectivity index (χ3v) is 2.36. The molecule has 4 N–H and O–H groups in total. The van der Waals surface area contributed by atoms with Crippen LogP contribution in [-0.2, 0) is 0 Å². The van der Waals surface area contributed by atoms with Crippen molar-refractivity contribution in [3.8, 4) is 0 Å². The largest absolute Gasteiger partial charge is 0.308 e. The summed E-state index contributed by atoms with van der Waals surface area (Å²) in [5, 5.41) is 8.25. The smallest absolute Gasteiger partial charge is 0.124 e. The van der Waals surface area contributed by atoms with E-state index in [0.29, 0.717) is 0 Å². The lowest BCUT2D eigenvalue weighted by atomic mass is 9.98. The van der Waals surface area contributed by atoms with Gasteiger partial charge in [0.1, 0.15) is 11.7 Å². The van der Waals surface area contributed by atoms with Crippen LogP contribution in [-0.4, -0.2) is 11.7 Å². The summed E-state index contributed by atoms with van der Waals surface area (Å²) in [6.07, 6.45) is 7.25. The van der Waals surface area contributed by atoms with Crippen molar-refractivity contribution in [2.45, 2.75) is 11.7 Å². The molecule has 82 valence electrons. The topological polar surface area (TPSA) is 76.8 Å². The average molecular weight is 214 g/mol. The Morgan fingerprint density at radius 3 is 2.50 bits per heavy atom. The monoisotopic (exact) mass is 214 g/mol. The maximum absolute atomic E-state index is 5.87. The van der Waals surface area contributed by atoms with Gasteiger partial charge in [-0.3, -0.25) is 0 Å². The van der Waals surface area contributed by atoms with Gasteiger partial charge in [0.05, 0.1) is 5.69 Å². The molecule has 1 aliphatic carbocycles. The molecule has 0 radical (unpaired) electrons. The molecule has 0 amide bonds. The summed E-state index contributed by atoms with van der Waals surface area (Å²) < 4.78 is 0. The fraction of sp³-hybridized carbons (Fsp3) is 0.167. The summed E-state index contributed by atoms with van der Waals surface area (Å²) in [7, 11) is 0. The van der Waals surface area contributed by atoms with E-state index in [1.54, 1.807) is 6.08 Å². The van der Waals surface area contributed by atoms with Gasteiger partial charge in [-0.25, -0.2) is 0 Å². The minimum absolute atomic E-state index is 0.322. The van der Waals surface area contributed by atoms with Crippen molar-refractivity contribution in [2.75, 3.05) is 0 Å². The first-order chi connectivity index (χ1) is 7.68. The number of nitrogens with two attached hydrogens (primary N) is 2. The van der Waals surface area contributed by atoms with Crippen LogP contribution in [0.5, 0.6) is 0 Å². The van der Waals surface area contributed by atoms with Crippen molar-refractivity contribution in [3.63, 3.8) is 0 Å². The van der Waals surface area contributed by atoms with Crippen LogP contribution in [0.3, 0.4) is 0 Å². The van der Waals surface area contributed by atoms with Crippen molar-refractivity contribution in [2.24, 2.45) is 21.7 Å². The molecule has 1 atom stereocenters. The molecular weight excluding hydrogens is 200 g/mol. The van der Waals surface area contributed by atoms with Gasteiger partial charge in [0, 0.05) is 0 Å². The molecule has 1 aliphatic rings. The van der Waals surface area contributed by atoms with Crippen molar-refractivity contribution in [1.29, 1.82) is 0 Å². The van der Waals surface area contributed by atoms with E-state index >= 15 is 0 Å². The van der Waals surface area contributed by atoms with E-state index in [2.05, 4.69) is 10.2 Å². The van der Waals surface area contributed by atoms with Crippen molar-refractivity contribution >= 4 is 5.69 Å². The van der Waals surface area contributed by atoms with Crippen LogP contribution >= 0.6 is 0 Å². The Labute approximate surface area is 94.4 Å². The van der Waals surface area contributed by atoms with Gasteiger partial charge in [0.15, 0.2) is 0 Å². The standard InChI is InChI=1S/C12H14N4/c13-12(14)9-5-4-8-11(12)16-15-10-6-2-1-3-7-10/h1-9,11H,13-14H2. The molecule has 0 bridgehead atoms. The van der Waals surface area contributed by atoms with Gasteiger partial charge in [0.25, 0.3) is 0 Å². The van der Waals surface area contributed by atoms with Crippen LogP contribution in [0.25, 0.3) is 0 Å². The normalized spacial score (nSPS) is 22.8. The molecule has 4 heteroatoms. The van der Waals surface area contributed by atoms with E-state index in [4.69, 9.17) is 11.5 Å². The Morgan fingerprint density at radius 1 is 1.06 bits per heavy atom. The second-order valence-electron chi connectivity index (χ2n) is 3.74. The van der Waals surface area contributed by atoms with Crippen LogP contribution in [0.1, 0.15) is 0 Å². The molecule has 0 saturated carbocycles. The molecule has 0 heterocycles. The zero-order chi connectivity index (χ0) is 11.4. The molecule has 0 spiro atoms. The van der Waals surface area contributed by atoms with Crippen LogP contribution in [0.15, 0.2) is 64.9 Å². The lowest BCUT2D eigenvalue weighted by Crippen LogP contribution is -2.56. The Bertz CT molecular complexity index is 432. The summed E-state index contributed by atoms with van der Waals surface area (Å²) in [4.78, 5) is 0. The maximum atomic E-state index is 5.87.